The average Bonchev–Trinajstić information content (AvgIpc) is 3.07. The number of carboxylic acid groups (broad SMARTS) is 1. The minimum atomic E-state index is -4.10. The molecule has 2 aromatic carbocycles. The number of carboxylic acids is 1. The highest BCUT2D eigenvalue weighted by molar-refractivity contribution is 7.63. The third kappa shape index (κ3) is 5.73. The van der Waals surface area contributed by atoms with Gasteiger partial charge in [-0.2, -0.15) is 0 Å². The van der Waals surface area contributed by atoms with Gasteiger partial charge in [-0.25, -0.2) is 9.18 Å². The summed E-state index contributed by atoms with van der Waals surface area (Å²) in [4.78, 5) is 21.5. The van der Waals surface area contributed by atoms with Crippen molar-refractivity contribution >= 4 is 24.2 Å². The zero-order valence-corrected chi connectivity index (χ0v) is 19.5. The Morgan fingerprint density at radius 1 is 1.21 bits per heavy atom. The van der Waals surface area contributed by atoms with Gasteiger partial charge in [-0.05, 0) is 60.3 Å². The van der Waals surface area contributed by atoms with Gasteiger partial charge in [-0.15, -0.1) is 0 Å². The summed E-state index contributed by atoms with van der Waals surface area (Å²) in [5, 5.41) is 9.92. The SMILES string of the molecule is CCOC(=CC(=O)O)CP(=O)(O)C#Cc1c(C(C)C)c2ccccc2n1-c1ccc(F)cc1. The molecule has 1 atom stereocenters. The Hall–Kier alpha value is -3.33. The maximum Gasteiger partial charge on any atom is 0.331 e. The van der Waals surface area contributed by atoms with Crippen LogP contribution in [0.5, 0.6) is 0 Å². The molecular formula is C25H25FNO5P. The van der Waals surface area contributed by atoms with Gasteiger partial charge in [0.25, 0.3) is 7.37 Å². The van der Waals surface area contributed by atoms with E-state index in [4.69, 9.17) is 9.84 Å². The van der Waals surface area contributed by atoms with Crippen LogP contribution in [-0.2, 0) is 14.1 Å². The summed E-state index contributed by atoms with van der Waals surface area (Å²) in [5.74, 6) is 1.16. The molecule has 0 fully saturated rings. The summed E-state index contributed by atoms with van der Waals surface area (Å²) in [7, 11) is -4.10. The second-order valence-electron chi connectivity index (χ2n) is 7.72. The molecule has 1 heterocycles. The van der Waals surface area contributed by atoms with Crippen molar-refractivity contribution in [2.24, 2.45) is 0 Å². The predicted molar refractivity (Wildman–Crippen MR) is 126 cm³/mol. The van der Waals surface area contributed by atoms with Crippen LogP contribution >= 0.6 is 7.37 Å². The lowest BCUT2D eigenvalue weighted by Gasteiger charge is -2.11. The van der Waals surface area contributed by atoms with Gasteiger partial charge >= 0.3 is 5.97 Å². The average molecular weight is 469 g/mol. The fourth-order valence-corrected chi connectivity index (χ4v) is 4.64. The number of carbonyl (C=O) groups is 1. The van der Waals surface area contributed by atoms with Gasteiger partial charge in [-0.1, -0.05) is 32.0 Å². The van der Waals surface area contributed by atoms with Crippen LogP contribution in [0.1, 0.15) is 37.9 Å². The van der Waals surface area contributed by atoms with E-state index in [9.17, 15) is 18.6 Å². The van der Waals surface area contributed by atoms with E-state index in [1.54, 1.807) is 19.1 Å². The summed E-state index contributed by atoms with van der Waals surface area (Å²) < 4.78 is 33.5. The summed E-state index contributed by atoms with van der Waals surface area (Å²) in [6.07, 6.45) is 0.247. The number of rotatable bonds is 7. The number of halogens is 1. The number of benzene rings is 2. The molecule has 172 valence electrons. The van der Waals surface area contributed by atoms with Crippen molar-refractivity contribution in [2.75, 3.05) is 12.8 Å². The Labute approximate surface area is 191 Å². The van der Waals surface area contributed by atoms with Gasteiger partial charge in [0.1, 0.15) is 17.3 Å². The van der Waals surface area contributed by atoms with Crippen molar-refractivity contribution in [3.8, 4) is 17.3 Å². The first-order valence-electron chi connectivity index (χ1n) is 10.4. The standard InChI is InChI=1S/C25H25FNO5P/c1-4-32-20(15-24(28)29)16-33(30,31)14-13-23-25(17(2)3)21-7-5-6-8-22(21)27(23)19-11-9-18(26)10-12-19/h5-12,15,17H,4,16H2,1-3H3,(H,28,29)(H,30,31). The van der Waals surface area contributed by atoms with Crippen LogP contribution in [0.3, 0.4) is 0 Å². The molecule has 3 aromatic rings. The van der Waals surface area contributed by atoms with Crippen molar-refractivity contribution in [2.45, 2.75) is 26.7 Å². The molecule has 8 heteroatoms. The van der Waals surface area contributed by atoms with Crippen LogP contribution in [-0.4, -0.2) is 33.3 Å². The molecule has 0 saturated carbocycles. The van der Waals surface area contributed by atoms with Crippen LogP contribution in [0.15, 0.2) is 60.4 Å². The van der Waals surface area contributed by atoms with Gasteiger partial charge in [-0.3, -0.25) is 4.57 Å². The van der Waals surface area contributed by atoms with Gasteiger partial charge in [0, 0.05) is 11.1 Å². The molecule has 2 N–H and O–H groups in total. The van der Waals surface area contributed by atoms with E-state index in [1.165, 1.54) is 12.1 Å². The Balaban J connectivity index is 2.19. The highest BCUT2D eigenvalue weighted by Gasteiger charge is 2.22. The van der Waals surface area contributed by atoms with E-state index in [-0.39, 0.29) is 24.1 Å². The smallest absolute Gasteiger partial charge is 0.331 e. The van der Waals surface area contributed by atoms with E-state index in [0.717, 1.165) is 22.5 Å². The first kappa shape index (κ1) is 24.3. The molecule has 0 amide bonds. The molecule has 0 aliphatic carbocycles. The van der Waals surface area contributed by atoms with Crippen LogP contribution in [0, 0.1) is 17.4 Å². The fourth-order valence-electron chi connectivity index (χ4n) is 3.68. The summed E-state index contributed by atoms with van der Waals surface area (Å²) in [6, 6.07) is 13.6. The predicted octanol–water partition coefficient (Wildman–Crippen LogP) is 5.48. The monoisotopic (exact) mass is 469 g/mol. The molecule has 0 radical (unpaired) electrons. The molecule has 0 aliphatic heterocycles. The first-order chi connectivity index (χ1) is 15.6. The molecule has 3 rings (SSSR count). The minimum absolute atomic E-state index is 0.0462. The second kappa shape index (κ2) is 10.1. The maximum atomic E-state index is 13.6. The number of allylic oxidation sites excluding steroid dienone is 1. The summed E-state index contributed by atoms with van der Waals surface area (Å²) in [5.41, 5.74) is 5.39. The molecule has 0 saturated heterocycles. The summed E-state index contributed by atoms with van der Waals surface area (Å²) >= 11 is 0. The molecule has 0 spiro atoms. The quantitative estimate of drug-likeness (QED) is 0.207. The highest BCUT2D eigenvalue weighted by atomic mass is 31.2. The Morgan fingerprint density at radius 2 is 1.88 bits per heavy atom. The molecule has 1 aromatic heterocycles. The maximum absolute atomic E-state index is 13.6. The van der Waals surface area contributed by atoms with Gasteiger partial charge in [0.15, 0.2) is 0 Å². The lowest BCUT2D eigenvalue weighted by atomic mass is 9.99. The van der Waals surface area contributed by atoms with Crippen LogP contribution in [0.4, 0.5) is 4.39 Å². The van der Waals surface area contributed by atoms with Crippen molar-refractivity contribution < 1.29 is 28.5 Å². The van der Waals surface area contributed by atoms with Crippen molar-refractivity contribution in [3.63, 3.8) is 0 Å². The van der Waals surface area contributed by atoms with E-state index < -0.39 is 19.5 Å². The van der Waals surface area contributed by atoms with Gasteiger partial charge in [0.05, 0.1) is 24.4 Å². The zero-order chi connectivity index (χ0) is 24.2. The van der Waals surface area contributed by atoms with Crippen LogP contribution in [0.2, 0.25) is 0 Å². The third-order valence-electron chi connectivity index (χ3n) is 4.91. The molecule has 6 nitrogen and oxygen atoms in total. The lowest BCUT2D eigenvalue weighted by molar-refractivity contribution is -0.131. The number of hydrogen-bond donors (Lipinski definition) is 2. The van der Waals surface area contributed by atoms with E-state index in [1.807, 2.05) is 42.7 Å². The minimum Gasteiger partial charge on any atom is -0.497 e. The van der Waals surface area contributed by atoms with Crippen molar-refractivity contribution in [3.05, 3.63) is 77.4 Å². The van der Waals surface area contributed by atoms with Crippen molar-refractivity contribution in [1.82, 2.24) is 4.57 Å². The van der Waals surface area contributed by atoms with E-state index in [0.29, 0.717) is 11.4 Å². The van der Waals surface area contributed by atoms with Crippen molar-refractivity contribution in [1.29, 1.82) is 0 Å². The number of ether oxygens (including phenoxy) is 1. The molecule has 33 heavy (non-hydrogen) atoms. The molecule has 0 bridgehead atoms. The number of nitrogens with zero attached hydrogens (tertiary/aromatic N) is 1. The number of hydrogen-bond acceptors (Lipinski definition) is 3. The third-order valence-corrected chi connectivity index (χ3v) is 6.11. The van der Waals surface area contributed by atoms with E-state index >= 15 is 0 Å². The molecule has 0 aliphatic rings. The number of para-hydroxylation sites is 1. The molecular weight excluding hydrogens is 444 g/mol. The van der Waals surface area contributed by atoms with Crippen LogP contribution < -0.4 is 0 Å². The first-order valence-corrected chi connectivity index (χ1v) is 12.3. The lowest BCUT2D eigenvalue weighted by Crippen LogP contribution is -2.03. The number of fused-ring (bicyclic) bond motifs is 1. The van der Waals surface area contributed by atoms with Gasteiger partial charge in [0.2, 0.25) is 0 Å². The largest absolute Gasteiger partial charge is 0.497 e. The normalized spacial score (nSPS) is 13.5. The van der Waals surface area contributed by atoms with Crippen LogP contribution in [0.25, 0.3) is 16.6 Å². The Bertz CT molecular complexity index is 1310. The fraction of sp³-hybridized carbons (Fsp3) is 0.240. The number of aliphatic carboxylic acids is 1. The Morgan fingerprint density at radius 3 is 2.48 bits per heavy atom. The zero-order valence-electron chi connectivity index (χ0n) is 18.6. The van der Waals surface area contributed by atoms with E-state index in [2.05, 4.69) is 11.6 Å². The molecule has 1 unspecified atom stereocenters. The summed E-state index contributed by atoms with van der Waals surface area (Å²) in [6.45, 7) is 5.81. The Kier molecular flexibility index (Phi) is 7.43. The van der Waals surface area contributed by atoms with Gasteiger partial charge < -0.3 is 19.3 Å². The second-order valence-corrected chi connectivity index (χ2v) is 9.67. The number of aromatic nitrogens is 1. The topological polar surface area (TPSA) is 88.8 Å². The highest BCUT2D eigenvalue weighted by Crippen LogP contribution is 2.42.